The van der Waals surface area contributed by atoms with Crippen LogP contribution in [-0.2, 0) is 16.0 Å². The molecular formula is C12H15F3N2O2S2. The van der Waals surface area contributed by atoms with E-state index in [1.165, 1.54) is 6.07 Å². The molecule has 9 heteroatoms. The van der Waals surface area contributed by atoms with Gasteiger partial charge in [-0.2, -0.15) is 13.2 Å². The second-order valence-electron chi connectivity index (χ2n) is 4.53. The molecular weight excluding hydrogens is 325 g/mol. The van der Waals surface area contributed by atoms with Crippen molar-refractivity contribution in [2.45, 2.75) is 12.6 Å². The number of rotatable bonds is 6. The molecule has 0 saturated carbocycles. The van der Waals surface area contributed by atoms with Crippen molar-refractivity contribution in [3.8, 4) is 0 Å². The van der Waals surface area contributed by atoms with Crippen molar-refractivity contribution in [1.29, 1.82) is 0 Å². The Balaban J connectivity index is 2.85. The lowest BCUT2D eigenvalue weighted by atomic mass is 10.1. The summed E-state index contributed by atoms with van der Waals surface area (Å²) >= 11 is 4.74. The summed E-state index contributed by atoms with van der Waals surface area (Å²) in [5.41, 5.74) is 5.02. The van der Waals surface area contributed by atoms with Gasteiger partial charge in [0.1, 0.15) is 14.8 Å². The Hall–Kier alpha value is -1.35. The first-order valence-electron chi connectivity index (χ1n) is 5.93. The van der Waals surface area contributed by atoms with Gasteiger partial charge in [0, 0.05) is 24.1 Å². The highest BCUT2D eigenvalue weighted by Crippen LogP contribution is 2.31. The summed E-state index contributed by atoms with van der Waals surface area (Å²) in [5.74, 6) is -0.0109. The molecule has 3 N–H and O–H groups in total. The van der Waals surface area contributed by atoms with Crippen molar-refractivity contribution >= 4 is 32.7 Å². The third kappa shape index (κ3) is 5.88. The number of nitrogens with one attached hydrogen (secondary N) is 1. The number of alkyl halides is 3. The van der Waals surface area contributed by atoms with Crippen molar-refractivity contribution in [3.05, 3.63) is 29.3 Å². The molecule has 0 aliphatic heterocycles. The minimum Gasteiger partial charge on any atom is -0.389 e. The van der Waals surface area contributed by atoms with Gasteiger partial charge in [0.15, 0.2) is 0 Å². The van der Waals surface area contributed by atoms with Gasteiger partial charge in [0.2, 0.25) is 0 Å². The van der Waals surface area contributed by atoms with Crippen LogP contribution in [0.3, 0.4) is 0 Å². The summed E-state index contributed by atoms with van der Waals surface area (Å²) in [6.45, 7) is 0.286. The molecule has 0 unspecified atom stereocenters. The first-order chi connectivity index (χ1) is 9.50. The Morgan fingerprint density at radius 1 is 1.38 bits per heavy atom. The summed E-state index contributed by atoms with van der Waals surface area (Å²) in [7, 11) is -3.07. The van der Waals surface area contributed by atoms with Gasteiger partial charge in [-0.15, -0.1) is 0 Å². The maximum atomic E-state index is 12.6. The highest BCUT2D eigenvalue weighted by atomic mass is 32.2. The molecule has 1 rings (SSSR count). The average molecular weight is 340 g/mol. The minimum absolute atomic E-state index is 0.0109. The summed E-state index contributed by atoms with van der Waals surface area (Å²) < 4.78 is 59.8. The minimum atomic E-state index is -4.48. The van der Waals surface area contributed by atoms with E-state index in [4.69, 9.17) is 18.0 Å². The molecule has 1 aromatic carbocycles. The van der Waals surface area contributed by atoms with Gasteiger partial charge >= 0.3 is 6.18 Å². The van der Waals surface area contributed by atoms with Crippen LogP contribution in [0.2, 0.25) is 0 Å². The topological polar surface area (TPSA) is 72.2 Å². The van der Waals surface area contributed by atoms with E-state index < -0.39 is 21.6 Å². The number of thiocarbonyl (C=S) groups is 1. The predicted octanol–water partition coefficient (Wildman–Crippen LogP) is 2.19. The lowest BCUT2D eigenvalue weighted by Crippen LogP contribution is -2.17. The van der Waals surface area contributed by atoms with Gasteiger partial charge in [0.05, 0.1) is 11.3 Å². The van der Waals surface area contributed by atoms with E-state index in [1.54, 1.807) is 0 Å². The van der Waals surface area contributed by atoms with Crippen LogP contribution in [0.25, 0.3) is 0 Å². The molecule has 0 aliphatic rings. The van der Waals surface area contributed by atoms with E-state index in [0.29, 0.717) is 12.1 Å². The van der Waals surface area contributed by atoms with E-state index in [1.807, 2.05) is 0 Å². The number of nitrogens with two attached hydrogens (primary N) is 1. The smallest absolute Gasteiger partial charge is 0.389 e. The molecule has 0 amide bonds. The summed E-state index contributed by atoms with van der Waals surface area (Å²) in [6, 6.07) is 3.03. The molecule has 0 bridgehead atoms. The zero-order chi connectivity index (χ0) is 16.3. The third-order valence-corrected chi connectivity index (χ3v) is 3.87. The van der Waals surface area contributed by atoms with Crippen LogP contribution in [0.5, 0.6) is 0 Å². The lowest BCUT2D eigenvalue weighted by molar-refractivity contribution is -0.137. The summed E-state index contributed by atoms with van der Waals surface area (Å²) in [6.07, 6.45) is -3.03. The Morgan fingerprint density at radius 3 is 2.48 bits per heavy atom. The van der Waals surface area contributed by atoms with Gasteiger partial charge in [-0.05, 0) is 24.6 Å². The first kappa shape index (κ1) is 17.7. The fourth-order valence-corrected chi connectivity index (χ4v) is 2.47. The number of hydrogen-bond donors (Lipinski definition) is 2. The Morgan fingerprint density at radius 2 is 2.00 bits per heavy atom. The monoisotopic (exact) mass is 340 g/mol. The second kappa shape index (κ2) is 6.61. The fraction of sp³-hybridized carbons (Fsp3) is 0.417. The standard InChI is InChI=1S/C12H15F3N2O2S2/c1-21(18,19)6-2-5-17-10-4-3-8(12(13,14)15)7-9(10)11(16)20/h3-4,7,17H,2,5-6H2,1H3,(H2,16,20). The van der Waals surface area contributed by atoms with Crippen molar-refractivity contribution in [2.75, 3.05) is 23.9 Å². The van der Waals surface area contributed by atoms with Crippen molar-refractivity contribution in [2.24, 2.45) is 5.73 Å². The van der Waals surface area contributed by atoms with Crippen molar-refractivity contribution < 1.29 is 21.6 Å². The molecule has 0 fully saturated rings. The lowest BCUT2D eigenvalue weighted by Gasteiger charge is -2.14. The van der Waals surface area contributed by atoms with Crippen LogP contribution in [-0.4, -0.2) is 32.0 Å². The molecule has 0 radical (unpaired) electrons. The summed E-state index contributed by atoms with van der Waals surface area (Å²) in [4.78, 5) is -0.160. The highest BCUT2D eigenvalue weighted by Gasteiger charge is 2.31. The third-order valence-electron chi connectivity index (χ3n) is 2.62. The zero-order valence-corrected chi connectivity index (χ0v) is 12.8. The quantitative estimate of drug-likeness (QED) is 0.613. The molecule has 118 valence electrons. The first-order valence-corrected chi connectivity index (χ1v) is 8.40. The molecule has 0 aromatic heterocycles. The molecule has 0 heterocycles. The molecule has 0 aliphatic carbocycles. The molecule has 21 heavy (non-hydrogen) atoms. The zero-order valence-electron chi connectivity index (χ0n) is 11.2. The maximum absolute atomic E-state index is 12.6. The second-order valence-corrected chi connectivity index (χ2v) is 7.23. The maximum Gasteiger partial charge on any atom is 0.416 e. The Labute approximate surface area is 126 Å². The predicted molar refractivity (Wildman–Crippen MR) is 80.1 cm³/mol. The number of anilines is 1. The number of hydrogen-bond acceptors (Lipinski definition) is 4. The summed E-state index contributed by atoms with van der Waals surface area (Å²) in [5, 5.41) is 2.85. The van der Waals surface area contributed by atoms with Crippen LogP contribution in [0, 0.1) is 0 Å². The van der Waals surface area contributed by atoms with Crippen LogP contribution in [0.1, 0.15) is 17.5 Å². The van der Waals surface area contributed by atoms with E-state index in [9.17, 15) is 21.6 Å². The Kier molecular flexibility index (Phi) is 5.57. The van der Waals surface area contributed by atoms with Crippen LogP contribution < -0.4 is 11.1 Å². The van der Waals surface area contributed by atoms with Crippen LogP contribution in [0.15, 0.2) is 18.2 Å². The number of halogens is 3. The van der Waals surface area contributed by atoms with Crippen LogP contribution >= 0.6 is 12.2 Å². The van der Waals surface area contributed by atoms with Gasteiger partial charge in [-0.3, -0.25) is 0 Å². The van der Waals surface area contributed by atoms with Gasteiger partial charge in [0.25, 0.3) is 0 Å². The van der Waals surface area contributed by atoms with Crippen molar-refractivity contribution in [1.82, 2.24) is 0 Å². The van der Waals surface area contributed by atoms with Gasteiger partial charge in [-0.1, -0.05) is 12.2 Å². The molecule has 0 atom stereocenters. The SMILES string of the molecule is CS(=O)(=O)CCCNc1ccc(C(F)(F)F)cc1C(N)=S. The normalized spacial score (nSPS) is 12.2. The highest BCUT2D eigenvalue weighted by molar-refractivity contribution is 7.90. The molecule has 0 saturated heterocycles. The van der Waals surface area contributed by atoms with E-state index in [-0.39, 0.29) is 22.8 Å². The van der Waals surface area contributed by atoms with E-state index >= 15 is 0 Å². The van der Waals surface area contributed by atoms with Crippen molar-refractivity contribution in [3.63, 3.8) is 0 Å². The molecule has 1 aromatic rings. The number of sulfone groups is 1. The van der Waals surface area contributed by atoms with Crippen LogP contribution in [0.4, 0.5) is 18.9 Å². The van der Waals surface area contributed by atoms with Gasteiger partial charge < -0.3 is 11.1 Å². The van der Waals surface area contributed by atoms with E-state index in [2.05, 4.69) is 5.32 Å². The Bertz CT molecular complexity index is 628. The number of benzene rings is 1. The van der Waals surface area contributed by atoms with Gasteiger partial charge in [-0.25, -0.2) is 8.42 Å². The van der Waals surface area contributed by atoms with E-state index in [0.717, 1.165) is 18.4 Å². The fourth-order valence-electron chi connectivity index (χ4n) is 1.64. The molecule has 4 nitrogen and oxygen atoms in total. The average Bonchev–Trinajstić information content (AvgIpc) is 2.32. The molecule has 0 spiro atoms. The largest absolute Gasteiger partial charge is 0.416 e.